The molecular formula is C17H29FN2. The predicted molar refractivity (Wildman–Crippen MR) is 85.8 cm³/mol. The van der Waals surface area contributed by atoms with E-state index >= 15 is 0 Å². The van der Waals surface area contributed by atoms with E-state index in [1.54, 1.807) is 6.07 Å². The maximum atomic E-state index is 13.9. The van der Waals surface area contributed by atoms with Gasteiger partial charge in [-0.15, -0.1) is 0 Å². The van der Waals surface area contributed by atoms with Crippen molar-refractivity contribution in [1.82, 2.24) is 5.32 Å². The average molecular weight is 280 g/mol. The molecule has 0 fully saturated rings. The molecule has 0 amide bonds. The lowest BCUT2D eigenvalue weighted by molar-refractivity contribution is 0.333. The van der Waals surface area contributed by atoms with Gasteiger partial charge in [-0.2, -0.15) is 0 Å². The van der Waals surface area contributed by atoms with Crippen LogP contribution in [0.15, 0.2) is 24.3 Å². The molecule has 0 aliphatic rings. The summed E-state index contributed by atoms with van der Waals surface area (Å²) < 4.78 is 13.9. The summed E-state index contributed by atoms with van der Waals surface area (Å²) in [5, 5.41) is 3.50. The van der Waals surface area contributed by atoms with Gasteiger partial charge in [-0.3, -0.25) is 0 Å². The Balaban J connectivity index is 2.65. The number of anilines is 1. The first-order chi connectivity index (χ1) is 9.35. The van der Waals surface area contributed by atoms with Gasteiger partial charge in [0.15, 0.2) is 0 Å². The van der Waals surface area contributed by atoms with Gasteiger partial charge in [-0.1, -0.05) is 39.8 Å². The first-order valence-corrected chi connectivity index (χ1v) is 7.56. The Hall–Kier alpha value is -1.09. The molecule has 0 aliphatic heterocycles. The largest absolute Gasteiger partial charge is 0.369 e. The Kier molecular flexibility index (Phi) is 6.47. The summed E-state index contributed by atoms with van der Waals surface area (Å²) in [4.78, 5) is 2.12. The smallest absolute Gasteiger partial charge is 0.146 e. The molecule has 1 aromatic rings. The topological polar surface area (TPSA) is 15.3 Å². The van der Waals surface area contributed by atoms with Crippen LogP contribution in [-0.4, -0.2) is 26.2 Å². The van der Waals surface area contributed by atoms with Gasteiger partial charge in [-0.25, -0.2) is 4.39 Å². The lowest BCUT2D eigenvalue weighted by Gasteiger charge is -2.34. The normalized spacial score (nSPS) is 11.9. The molecule has 1 aromatic carbocycles. The van der Waals surface area contributed by atoms with E-state index < -0.39 is 0 Å². The highest BCUT2D eigenvalue weighted by molar-refractivity contribution is 5.47. The van der Waals surface area contributed by atoms with Gasteiger partial charge in [0.05, 0.1) is 5.69 Å². The van der Waals surface area contributed by atoms with E-state index in [4.69, 9.17) is 0 Å². The molecule has 0 spiro atoms. The third-order valence-corrected chi connectivity index (χ3v) is 3.35. The van der Waals surface area contributed by atoms with Crippen LogP contribution in [0.1, 0.15) is 34.6 Å². The van der Waals surface area contributed by atoms with Crippen LogP contribution in [0.25, 0.3) is 0 Å². The van der Waals surface area contributed by atoms with Crippen LogP contribution < -0.4 is 10.2 Å². The van der Waals surface area contributed by atoms with Crippen molar-refractivity contribution >= 4 is 5.69 Å². The van der Waals surface area contributed by atoms with Crippen LogP contribution in [0, 0.1) is 17.2 Å². The van der Waals surface area contributed by atoms with E-state index in [2.05, 4.69) is 44.8 Å². The highest BCUT2D eigenvalue weighted by atomic mass is 19.1. The van der Waals surface area contributed by atoms with Crippen molar-refractivity contribution in [3.05, 3.63) is 30.1 Å². The summed E-state index contributed by atoms with van der Waals surface area (Å²) in [5.74, 6) is 0.514. The van der Waals surface area contributed by atoms with E-state index in [0.29, 0.717) is 11.6 Å². The molecule has 0 bridgehead atoms. The predicted octanol–water partition coefficient (Wildman–Crippen LogP) is 3.92. The quantitative estimate of drug-likeness (QED) is 0.776. The van der Waals surface area contributed by atoms with Crippen molar-refractivity contribution in [3.8, 4) is 0 Å². The number of benzene rings is 1. The maximum Gasteiger partial charge on any atom is 0.146 e. The summed E-state index contributed by atoms with van der Waals surface area (Å²) in [5.41, 5.74) is 0.805. The van der Waals surface area contributed by atoms with Gasteiger partial charge in [0.25, 0.3) is 0 Å². The van der Waals surface area contributed by atoms with Crippen molar-refractivity contribution in [2.75, 3.05) is 31.1 Å². The highest BCUT2D eigenvalue weighted by Gasteiger charge is 2.22. The number of halogens is 1. The minimum Gasteiger partial charge on any atom is -0.369 e. The Morgan fingerprint density at radius 2 is 1.90 bits per heavy atom. The fourth-order valence-corrected chi connectivity index (χ4v) is 2.35. The third kappa shape index (κ3) is 5.49. The number of nitrogens with zero attached hydrogens (tertiary/aromatic N) is 1. The lowest BCUT2D eigenvalue weighted by Crippen LogP contribution is -2.41. The fourth-order valence-electron chi connectivity index (χ4n) is 2.35. The Labute approximate surface area is 123 Å². The second-order valence-corrected chi connectivity index (χ2v) is 6.65. The first kappa shape index (κ1) is 17.0. The van der Waals surface area contributed by atoms with Crippen LogP contribution >= 0.6 is 0 Å². The molecular weight excluding hydrogens is 251 g/mol. The Morgan fingerprint density at radius 1 is 1.25 bits per heavy atom. The van der Waals surface area contributed by atoms with Crippen molar-refractivity contribution in [3.63, 3.8) is 0 Å². The van der Waals surface area contributed by atoms with Gasteiger partial charge >= 0.3 is 0 Å². The summed E-state index contributed by atoms with van der Waals surface area (Å²) in [6.07, 6.45) is 0. The van der Waals surface area contributed by atoms with Gasteiger partial charge in [0.1, 0.15) is 5.82 Å². The van der Waals surface area contributed by atoms with Gasteiger partial charge in [-0.05, 0) is 36.9 Å². The Bertz CT molecular complexity index is 402. The zero-order chi connectivity index (χ0) is 15.2. The van der Waals surface area contributed by atoms with Crippen molar-refractivity contribution in [1.29, 1.82) is 0 Å². The number of para-hydroxylation sites is 1. The van der Waals surface area contributed by atoms with E-state index in [1.165, 1.54) is 6.07 Å². The molecule has 0 saturated heterocycles. The molecule has 0 atom stereocenters. The van der Waals surface area contributed by atoms with E-state index in [-0.39, 0.29) is 11.2 Å². The zero-order valence-corrected chi connectivity index (χ0v) is 13.5. The van der Waals surface area contributed by atoms with Gasteiger partial charge in [0.2, 0.25) is 0 Å². The lowest BCUT2D eigenvalue weighted by atomic mass is 9.92. The van der Waals surface area contributed by atoms with Crippen molar-refractivity contribution < 1.29 is 4.39 Å². The molecule has 2 nitrogen and oxygen atoms in total. The molecule has 20 heavy (non-hydrogen) atoms. The SMILES string of the molecule is CCN(CC(C)(C)CNCC(C)C)c1ccccc1F. The number of hydrogen-bond acceptors (Lipinski definition) is 2. The maximum absolute atomic E-state index is 13.9. The summed E-state index contributed by atoms with van der Waals surface area (Å²) in [6.45, 7) is 14.6. The molecule has 0 heterocycles. The monoisotopic (exact) mass is 280 g/mol. The zero-order valence-electron chi connectivity index (χ0n) is 13.5. The summed E-state index contributed by atoms with van der Waals surface area (Å²) >= 11 is 0. The van der Waals surface area contributed by atoms with Crippen LogP contribution in [-0.2, 0) is 0 Å². The van der Waals surface area contributed by atoms with Crippen molar-refractivity contribution in [2.24, 2.45) is 11.3 Å². The highest BCUT2D eigenvalue weighted by Crippen LogP contribution is 2.24. The standard InChI is InChI=1S/C17H29FN2/c1-6-20(16-10-8-7-9-15(16)18)13-17(4,5)12-19-11-14(2)3/h7-10,14,19H,6,11-13H2,1-5H3. The second kappa shape index (κ2) is 7.63. The second-order valence-electron chi connectivity index (χ2n) is 6.65. The number of rotatable bonds is 8. The molecule has 0 aliphatic carbocycles. The average Bonchev–Trinajstić information content (AvgIpc) is 2.36. The summed E-state index contributed by atoms with van der Waals surface area (Å²) in [6, 6.07) is 7.02. The molecule has 0 unspecified atom stereocenters. The van der Waals surface area contributed by atoms with E-state index in [1.807, 2.05) is 12.1 Å². The molecule has 1 N–H and O–H groups in total. The minimum absolute atomic E-state index is 0.104. The Morgan fingerprint density at radius 3 is 2.45 bits per heavy atom. The van der Waals surface area contributed by atoms with Gasteiger partial charge < -0.3 is 10.2 Å². The van der Waals surface area contributed by atoms with Crippen LogP contribution in [0.3, 0.4) is 0 Å². The third-order valence-electron chi connectivity index (χ3n) is 3.35. The minimum atomic E-state index is -0.139. The molecule has 0 aromatic heterocycles. The van der Waals surface area contributed by atoms with Crippen molar-refractivity contribution in [2.45, 2.75) is 34.6 Å². The first-order valence-electron chi connectivity index (χ1n) is 7.56. The van der Waals surface area contributed by atoms with E-state index in [0.717, 1.165) is 26.2 Å². The molecule has 0 radical (unpaired) electrons. The molecule has 1 rings (SSSR count). The fraction of sp³-hybridized carbons (Fsp3) is 0.647. The number of hydrogen-bond donors (Lipinski definition) is 1. The van der Waals surface area contributed by atoms with Crippen LogP contribution in [0.5, 0.6) is 0 Å². The number of nitrogens with one attached hydrogen (secondary N) is 1. The van der Waals surface area contributed by atoms with E-state index in [9.17, 15) is 4.39 Å². The molecule has 3 heteroatoms. The summed E-state index contributed by atoms with van der Waals surface area (Å²) in [7, 11) is 0. The van der Waals surface area contributed by atoms with Gasteiger partial charge in [0, 0.05) is 19.6 Å². The molecule has 114 valence electrons. The van der Waals surface area contributed by atoms with Crippen LogP contribution in [0.4, 0.5) is 10.1 Å². The molecule has 0 saturated carbocycles. The van der Waals surface area contributed by atoms with Crippen LogP contribution in [0.2, 0.25) is 0 Å².